The zero-order chi connectivity index (χ0) is 21.6. The van der Waals surface area contributed by atoms with Crippen LogP contribution in [0.3, 0.4) is 0 Å². The van der Waals surface area contributed by atoms with Crippen LogP contribution in [0, 0.1) is 37.0 Å². The van der Waals surface area contributed by atoms with Crippen molar-refractivity contribution in [1.29, 1.82) is 0 Å². The molecule has 1 heterocycles. The lowest BCUT2D eigenvalue weighted by molar-refractivity contribution is -0.129. The van der Waals surface area contributed by atoms with Gasteiger partial charge in [0.15, 0.2) is 0 Å². The van der Waals surface area contributed by atoms with Gasteiger partial charge in [0.1, 0.15) is 0 Å². The summed E-state index contributed by atoms with van der Waals surface area (Å²) < 4.78 is 0. The van der Waals surface area contributed by atoms with Crippen molar-refractivity contribution in [2.45, 2.75) is 58.8 Å². The first-order valence-electron chi connectivity index (χ1n) is 11.7. The van der Waals surface area contributed by atoms with Gasteiger partial charge in [-0.2, -0.15) is 0 Å². The first-order chi connectivity index (χ1) is 14.9. The molecular weight excluding hydrogens is 388 g/mol. The molecule has 2 amide bonds. The first kappa shape index (κ1) is 20.4. The highest BCUT2D eigenvalue weighted by Gasteiger charge is 2.51. The third-order valence-electron chi connectivity index (χ3n) is 7.77. The fraction of sp³-hybridized carbons (Fsp3) is 0.600. The summed E-state index contributed by atoms with van der Waals surface area (Å²) in [5.74, 6) is 2.56. The van der Waals surface area contributed by atoms with E-state index in [4.69, 9.17) is 0 Å². The fourth-order valence-electron chi connectivity index (χ4n) is 6.76. The van der Waals surface area contributed by atoms with Crippen molar-refractivity contribution in [3.8, 4) is 0 Å². The average Bonchev–Trinajstić information content (AvgIpc) is 2.70. The van der Waals surface area contributed by atoms with E-state index >= 15 is 0 Å². The quantitative estimate of drug-likeness (QED) is 0.698. The van der Waals surface area contributed by atoms with Crippen molar-refractivity contribution in [3.05, 3.63) is 35.2 Å². The van der Waals surface area contributed by atoms with Crippen molar-refractivity contribution in [2.24, 2.45) is 23.2 Å². The zero-order valence-electron chi connectivity index (χ0n) is 18.5. The van der Waals surface area contributed by atoms with E-state index in [0.717, 1.165) is 40.2 Å². The number of hydrogen-bond acceptors (Lipinski definition) is 4. The molecular formula is C25H32N4O2. The molecule has 0 saturated heterocycles. The number of aromatic nitrogens is 2. The Bertz CT molecular complexity index is 996. The normalized spacial score (nSPS) is 28.6. The Labute approximate surface area is 183 Å². The monoisotopic (exact) mass is 420 g/mol. The summed E-state index contributed by atoms with van der Waals surface area (Å²) in [6.07, 6.45) is 8.57. The lowest BCUT2D eigenvalue weighted by Gasteiger charge is -2.56. The van der Waals surface area contributed by atoms with Gasteiger partial charge in [0.25, 0.3) is 5.91 Å². The Kier molecular flexibility index (Phi) is 5.19. The summed E-state index contributed by atoms with van der Waals surface area (Å²) in [4.78, 5) is 34.2. The number of nitrogens with one attached hydrogen (secondary N) is 2. The van der Waals surface area contributed by atoms with Crippen LogP contribution < -0.4 is 10.6 Å². The van der Waals surface area contributed by atoms with Gasteiger partial charge in [-0.25, -0.2) is 9.97 Å². The number of carbonyl (C=O) groups excluding carboxylic acids is 2. The number of nitrogens with zero attached hydrogens (tertiary/aromatic N) is 2. The van der Waals surface area contributed by atoms with Crippen LogP contribution in [0.4, 0.5) is 0 Å². The van der Waals surface area contributed by atoms with Crippen molar-refractivity contribution in [1.82, 2.24) is 20.6 Å². The van der Waals surface area contributed by atoms with Gasteiger partial charge in [-0.05, 0) is 93.7 Å². The number of hydrogen-bond donors (Lipinski definition) is 2. The maximum atomic E-state index is 12.6. The maximum absolute atomic E-state index is 12.6. The maximum Gasteiger partial charge on any atom is 0.251 e. The molecule has 4 aliphatic carbocycles. The Morgan fingerprint density at radius 3 is 2.13 bits per heavy atom. The minimum Gasteiger partial charge on any atom is -0.354 e. The van der Waals surface area contributed by atoms with Gasteiger partial charge >= 0.3 is 0 Å². The van der Waals surface area contributed by atoms with Gasteiger partial charge in [0.2, 0.25) is 5.91 Å². The van der Waals surface area contributed by atoms with Crippen LogP contribution in [0.2, 0.25) is 0 Å². The van der Waals surface area contributed by atoms with Crippen LogP contribution >= 0.6 is 0 Å². The topological polar surface area (TPSA) is 84.0 Å². The van der Waals surface area contributed by atoms with Gasteiger partial charge in [-0.3, -0.25) is 9.59 Å². The number of carbonyl (C=O) groups is 2. The summed E-state index contributed by atoms with van der Waals surface area (Å²) in [5.41, 5.74) is 4.09. The van der Waals surface area contributed by atoms with E-state index in [0.29, 0.717) is 25.1 Å². The van der Waals surface area contributed by atoms with Crippen molar-refractivity contribution >= 4 is 22.8 Å². The summed E-state index contributed by atoms with van der Waals surface area (Å²) in [7, 11) is 0. The smallest absolute Gasteiger partial charge is 0.251 e. The Morgan fingerprint density at radius 2 is 1.48 bits per heavy atom. The molecule has 0 atom stereocenters. The van der Waals surface area contributed by atoms with E-state index < -0.39 is 0 Å². The second-order valence-corrected chi connectivity index (χ2v) is 10.3. The third-order valence-corrected chi connectivity index (χ3v) is 7.77. The zero-order valence-corrected chi connectivity index (χ0v) is 18.5. The van der Waals surface area contributed by atoms with Gasteiger partial charge in [-0.15, -0.1) is 0 Å². The van der Waals surface area contributed by atoms with Crippen molar-refractivity contribution < 1.29 is 9.59 Å². The van der Waals surface area contributed by atoms with Crippen LogP contribution in [0.25, 0.3) is 11.0 Å². The van der Waals surface area contributed by atoms with Crippen LogP contribution in [0.5, 0.6) is 0 Å². The van der Waals surface area contributed by atoms with Gasteiger partial charge in [0, 0.05) is 25.1 Å². The summed E-state index contributed by atoms with van der Waals surface area (Å²) >= 11 is 0. The van der Waals surface area contributed by atoms with E-state index in [1.807, 2.05) is 19.9 Å². The second-order valence-electron chi connectivity index (χ2n) is 10.3. The Balaban J connectivity index is 1.10. The summed E-state index contributed by atoms with van der Waals surface area (Å²) in [5, 5.41) is 5.93. The lowest BCUT2D eigenvalue weighted by atomic mass is 9.49. The molecule has 2 aromatic rings. The molecule has 1 aromatic heterocycles. The standard InChI is InChI=1S/C25H32N4O2/c1-15-16(2)29-22-10-20(3-4-21(22)28-15)24(31)27-6-5-26-23(30)14-25-11-17-7-18(12-25)9-19(8-17)13-25/h3-4,10,17-19H,5-9,11-14H2,1-2H3,(H,26,30)(H,27,31). The van der Waals surface area contributed by atoms with E-state index in [2.05, 4.69) is 20.6 Å². The Morgan fingerprint density at radius 1 is 0.903 bits per heavy atom. The third kappa shape index (κ3) is 4.17. The molecule has 6 nitrogen and oxygen atoms in total. The molecule has 31 heavy (non-hydrogen) atoms. The molecule has 1 aromatic carbocycles. The lowest BCUT2D eigenvalue weighted by Crippen LogP contribution is -2.48. The number of benzene rings is 1. The van der Waals surface area contributed by atoms with E-state index in [1.165, 1.54) is 38.5 Å². The SMILES string of the molecule is Cc1nc2ccc(C(=O)NCCNC(=O)CC34CC5CC(CC(C5)C3)C4)cc2nc1C. The predicted molar refractivity (Wildman–Crippen MR) is 120 cm³/mol. The van der Waals surface area contributed by atoms with E-state index in [1.54, 1.807) is 12.1 Å². The Hall–Kier alpha value is -2.50. The van der Waals surface area contributed by atoms with Gasteiger partial charge in [-0.1, -0.05) is 0 Å². The number of rotatable bonds is 6. The number of fused-ring (bicyclic) bond motifs is 1. The highest BCUT2D eigenvalue weighted by molar-refractivity contribution is 5.97. The molecule has 6 heteroatoms. The summed E-state index contributed by atoms with van der Waals surface area (Å²) in [6, 6.07) is 5.37. The van der Waals surface area contributed by atoms with Crippen LogP contribution in [-0.4, -0.2) is 34.9 Å². The highest BCUT2D eigenvalue weighted by atomic mass is 16.2. The minimum atomic E-state index is -0.155. The predicted octanol–water partition coefficient (Wildman–Crippen LogP) is 3.70. The minimum absolute atomic E-state index is 0.142. The average molecular weight is 421 g/mol. The van der Waals surface area contributed by atoms with Gasteiger partial charge in [0.05, 0.1) is 22.4 Å². The highest BCUT2D eigenvalue weighted by Crippen LogP contribution is 2.61. The fourth-order valence-corrected chi connectivity index (χ4v) is 6.76. The largest absolute Gasteiger partial charge is 0.354 e. The molecule has 6 rings (SSSR count). The molecule has 0 aliphatic heterocycles. The molecule has 0 radical (unpaired) electrons. The summed E-state index contributed by atoms with van der Waals surface area (Å²) in [6.45, 7) is 4.73. The van der Waals surface area contributed by atoms with Crippen molar-refractivity contribution in [2.75, 3.05) is 13.1 Å². The van der Waals surface area contributed by atoms with Crippen LogP contribution in [0.1, 0.15) is 66.7 Å². The van der Waals surface area contributed by atoms with Crippen molar-refractivity contribution in [3.63, 3.8) is 0 Å². The second kappa shape index (κ2) is 7.88. The number of aryl methyl sites for hydroxylation is 2. The van der Waals surface area contributed by atoms with Crippen LogP contribution in [-0.2, 0) is 4.79 Å². The molecule has 4 saturated carbocycles. The number of amides is 2. The first-order valence-corrected chi connectivity index (χ1v) is 11.7. The molecule has 4 fully saturated rings. The van der Waals surface area contributed by atoms with E-state index in [9.17, 15) is 9.59 Å². The molecule has 2 N–H and O–H groups in total. The molecule has 4 bridgehead atoms. The van der Waals surface area contributed by atoms with Crippen LogP contribution in [0.15, 0.2) is 18.2 Å². The molecule has 164 valence electrons. The molecule has 4 aliphatic rings. The van der Waals surface area contributed by atoms with E-state index in [-0.39, 0.29) is 17.2 Å². The molecule has 0 unspecified atom stereocenters. The van der Waals surface area contributed by atoms with Gasteiger partial charge < -0.3 is 10.6 Å². The molecule has 0 spiro atoms.